The molecule has 0 fully saturated rings. The molecule has 0 unspecified atom stereocenters. The zero-order chi connectivity index (χ0) is 11.5. The van der Waals surface area contributed by atoms with E-state index in [1.807, 2.05) is 0 Å². The van der Waals surface area contributed by atoms with E-state index in [9.17, 15) is 18.0 Å². The number of isocyanates is 1. The first kappa shape index (κ1) is 11.3. The molecule has 0 bridgehead atoms. The quantitative estimate of drug-likeness (QED) is 0.564. The summed E-state index contributed by atoms with van der Waals surface area (Å²) in [6, 6.07) is 2.97. The van der Waals surface area contributed by atoms with Crippen LogP contribution in [0.25, 0.3) is 0 Å². The molecule has 0 aliphatic carbocycles. The van der Waals surface area contributed by atoms with Gasteiger partial charge >= 0.3 is 6.18 Å². The van der Waals surface area contributed by atoms with Crippen LogP contribution in [0.15, 0.2) is 23.2 Å². The predicted octanol–water partition coefficient (Wildman–Crippen LogP) is 2.68. The molecule has 1 aromatic rings. The molecule has 15 heavy (non-hydrogen) atoms. The van der Waals surface area contributed by atoms with E-state index in [-0.39, 0.29) is 5.75 Å². The number of halogens is 3. The van der Waals surface area contributed by atoms with Crippen molar-refractivity contribution < 1.29 is 22.7 Å². The Balaban J connectivity index is 3.33. The number of carbonyl (C=O) groups excluding carboxylic acids is 1. The average Bonchev–Trinajstić information content (AvgIpc) is 2.16. The molecule has 0 saturated carbocycles. The SMILES string of the molecule is COc1ccc(C(F)(F)F)c(N=C=O)c1. The van der Waals surface area contributed by atoms with Crippen molar-refractivity contribution in [1.82, 2.24) is 0 Å². The molecule has 0 saturated heterocycles. The van der Waals surface area contributed by atoms with E-state index in [1.165, 1.54) is 7.11 Å². The van der Waals surface area contributed by atoms with E-state index in [2.05, 4.69) is 4.99 Å². The molecule has 0 aliphatic heterocycles. The standard InChI is InChI=1S/C9H6F3NO2/c1-15-6-2-3-7(9(10,11)12)8(4-6)13-5-14/h2-4H,1H3. The highest BCUT2D eigenvalue weighted by atomic mass is 19.4. The van der Waals surface area contributed by atoms with Crippen molar-refractivity contribution in [1.29, 1.82) is 0 Å². The fraction of sp³-hybridized carbons (Fsp3) is 0.222. The van der Waals surface area contributed by atoms with Crippen LogP contribution in [0.5, 0.6) is 5.75 Å². The van der Waals surface area contributed by atoms with Gasteiger partial charge in [-0.2, -0.15) is 18.2 Å². The maximum atomic E-state index is 12.4. The molecule has 0 atom stereocenters. The number of nitrogens with zero attached hydrogens (tertiary/aromatic N) is 1. The van der Waals surface area contributed by atoms with E-state index >= 15 is 0 Å². The molecule has 0 N–H and O–H groups in total. The summed E-state index contributed by atoms with van der Waals surface area (Å²) in [4.78, 5) is 12.9. The highest BCUT2D eigenvalue weighted by Gasteiger charge is 2.33. The van der Waals surface area contributed by atoms with E-state index < -0.39 is 17.4 Å². The lowest BCUT2D eigenvalue weighted by Crippen LogP contribution is -2.05. The van der Waals surface area contributed by atoms with Crippen LogP contribution in [-0.4, -0.2) is 13.2 Å². The molecule has 80 valence electrons. The van der Waals surface area contributed by atoms with Gasteiger partial charge in [0.1, 0.15) is 5.75 Å². The Kier molecular flexibility index (Phi) is 3.11. The van der Waals surface area contributed by atoms with Crippen LogP contribution in [0.1, 0.15) is 5.56 Å². The Hall–Kier alpha value is -1.81. The summed E-state index contributed by atoms with van der Waals surface area (Å²) in [5.41, 5.74) is -1.50. The van der Waals surface area contributed by atoms with Crippen molar-refractivity contribution in [3.8, 4) is 5.75 Å². The number of alkyl halides is 3. The maximum Gasteiger partial charge on any atom is 0.418 e. The molecule has 0 heterocycles. The van der Waals surface area contributed by atoms with Crippen LogP contribution in [0, 0.1) is 0 Å². The van der Waals surface area contributed by atoms with Gasteiger partial charge in [0.05, 0.1) is 18.4 Å². The molecule has 0 radical (unpaired) electrons. The molecule has 1 rings (SSSR count). The Bertz CT molecular complexity index is 408. The lowest BCUT2D eigenvalue weighted by molar-refractivity contribution is -0.137. The summed E-state index contributed by atoms with van der Waals surface area (Å²) in [5, 5.41) is 0. The van der Waals surface area contributed by atoms with Gasteiger partial charge in [-0.15, -0.1) is 0 Å². The van der Waals surface area contributed by atoms with Crippen LogP contribution in [0.3, 0.4) is 0 Å². The molecule has 0 aliphatic rings. The van der Waals surface area contributed by atoms with Gasteiger partial charge in [0.2, 0.25) is 6.08 Å². The van der Waals surface area contributed by atoms with Crippen molar-refractivity contribution in [3.63, 3.8) is 0 Å². The normalized spacial score (nSPS) is 10.7. The zero-order valence-electron chi connectivity index (χ0n) is 7.63. The van der Waals surface area contributed by atoms with Gasteiger partial charge in [-0.05, 0) is 12.1 Å². The summed E-state index contributed by atoms with van der Waals surface area (Å²) in [5.74, 6) is 0.192. The number of rotatable bonds is 2. The fourth-order valence-electron chi connectivity index (χ4n) is 1.02. The number of ether oxygens (including phenoxy) is 1. The van der Waals surface area contributed by atoms with Crippen molar-refractivity contribution in [2.75, 3.05) is 7.11 Å². The second kappa shape index (κ2) is 4.14. The van der Waals surface area contributed by atoms with Crippen LogP contribution in [0.2, 0.25) is 0 Å². The number of methoxy groups -OCH3 is 1. The lowest BCUT2D eigenvalue weighted by Gasteiger charge is -2.09. The number of hydrogen-bond donors (Lipinski definition) is 0. The third kappa shape index (κ3) is 2.57. The van der Waals surface area contributed by atoms with Gasteiger partial charge < -0.3 is 4.74 Å². The Morgan fingerprint density at radius 1 is 1.40 bits per heavy atom. The summed E-state index contributed by atoms with van der Waals surface area (Å²) >= 11 is 0. The highest BCUT2D eigenvalue weighted by molar-refractivity contribution is 5.57. The van der Waals surface area contributed by atoms with Gasteiger partial charge in [0, 0.05) is 6.07 Å². The molecule has 1 aromatic carbocycles. The number of hydrogen-bond acceptors (Lipinski definition) is 3. The van der Waals surface area contributed by atoms with Crippen molar-refractivity contribution in [2.24, 2.45) is 4.99 Å². The first-order valence-electron chi connectivity index (χ1n) is 3.82. The Morgan fingerprint density at radius 3 is 2.53 bits per heavy atom. The van der Waals surface area contributed by atoms with E-state index in [4.69, 9.17) is 4.74 Å². The highest BCUT2D eigenvalue weighted by Crippen LogP contribution is 2.37. The number of benzene rings is 1. The number of aliphatic imine (C=N–C) groups is 1. The van der Waals surface area contributed by atoms with Crippen LogP contribution < -0.4 is 4.74 Å². The molecular weight excluding hydrogens is 211 g/mol. The summed E-state index contributed by atoms with van der Waals surface area (Å²) in [7, 11) is 1.30. The molecular formula is C9H6F3NO2. The molecule has 0 aromatic heterocycles. The minimum atomic E-state index is -4.55. The Morgan fingerprint density at radius 2 is 2.07 bits per heavy atom. The summed E-state index contributed by atoms with van der Waals surface area (Å²) in [6.45, 7) is 0. The topological polar surface area (TPSA) is 38.7 Å². The van der Waals surface area contributed by atoms with Crippen molar-refractivity contribution in [2.45, 2.75) is 6.18 Å². The third-order valence-electron chi connectivity index (χ3n) is 1.68. The summed E-state index contributed by atoms with van der Waals surface area (Å²) < 4.78 is 41.8. The van der Waals surface area contributed by atoms with Crippen molar-refractivity contribution >= 4 is 11.8 Å². The van der Waals surface area contributed by atoms with Gasteiger partial charge in [0.25, 0.3) is 0 Å². The van der Waals surface area contributed by atoms with E-state index in [1.54, 1.807) is 0 Å². The van der Waals surface area contributed by atoms with Gasteiger partial charge in [-0.25, -0.2) is 4.79 Å². The fourth-order valence-corrected chi connectivity index (χ4v) is 1.02. The average molecular weight is 217 g/mol. The second-order valence-corrected chi connectivity index (χ2v) is 2.58. The van der Waals surface area contributed by atoms with E-state index in [0.717, 1.165) is 24.3 Å². The second-order valence-electron chi connectivity index (χ2n) is 2.58. The first-order chi connectivity index (χ1) is 6.99. The monoisotopic (exact) mass is 217 g/mol. The smallest absolute Gasteiger partial charge is 0.418 e. The van der Waals surface area contributed by atoms with Crippen LogP contribution >= 0.6 is 0 Å². The van der Waals surface area contributed by atoms with Gasteiger partial charge in [0.15, 0.2) is 0 Å². The minimum Gasteiger partial charge on any atom is -0.497 e. The minimum absolute atomic E-state index is 0.192. The van der Waals surface area contributed by atoms with Gasteiger partial charge in [-0.3, -0.25) is 0 Å². The Labute approximate surface area is 83.2 Å². The summed E-state index contributed by atoms with van der Waals surface area (Å²) in [6.07, 6.45) is -3.49. The van der Waals surface area contributed by atoms with Crippen LogP contribution in [-0.2, 0) is 11.0 Å². The zero-order valence-corrected chi connectivity index (χ0v) is 7.63. The molecule has 0 amide bonds. The molecule has 0 spiro atoms. The third-order valence-corrected chi connectivity index (χ3v) is 1.68. The van der Waals surface area contributed by atoms with E-state index in [0.29, 0.717) is 0 Å². The van der Waals surface area contributed by atoms with Gasteiger partial charge in [-0.1, -0.05) is 0 Å². The van der Waals surface area contributed by atoms with Crippen LogP contribution in [0.4, 0.5) is 18.9 Å². The molecule has 3 nitrogen and oxygen atoms in total. The predicted molar refractivity (Wildman–Crippen MR) is 45.8 cm³/mol. The lowest BCUT2D eigenvalue weighted by atomic mass is 10.1. The van der Waals surface area contributed by atoms with Crippen molar-refractivity contribution in [3.05, 3.63) is 23.8 Å². The largest absolute Gasteiger partial charge is 0.497 e. The first-order valence-corrected chi connectivity index (χ1v) is 3.82. The maximum absolute atomic E-state index is 12.4. The molecule has 6 heteroatoms.